The predicted octanol–water partition coefficient (Wildman–Crippen LogP) is 4.28. The lowest BCUT2D eigenvalue weighted by Crippen LogP contribution is -2.24. The maximum atomic E-state index is 14.7. The van der Waals surface area contributed by atoms with Crippen molar-refractivity contribution >= 4 is 10.8 Å². The first-order valence-corrected chi connectivity index (χ1v) is 9.04. The third-order valence-corrected chi connectivity index (χ3v) is 5.63. The highest BCUT2D eigenvalue weighted by Crippen LogP contribution is 2.47. The molecule has 136 valence electrons. The second-order valence-electron chi connectivity index (χ2n) is 7.18. The fourth-order valence-electron chi connectivity index (χ4n) is 4.20. The van der Waals surface area contributed by atoms with E-state index in [1.54, 1.807) is 24.7 Å². The third kappa shape index (κ3) is 2.35. The molecule has 0 spiro atoms. The zero-order valence-electron chi connectivity index (χ0n) is 14.9. The summed E-state index contributed by atoms with van der Waals surface area (Å²) in [5.74, 6) is -0.452. The molecule has 1 N–H and O–H groups in total. The van der Waals surface area contributed by atoms with Gasteiger partial charge in [-0.05, 0) is 34.5 Å². The van der Waals surface area contributed by atoms with Gasteiger partial charge >= 0.3 is 0 Å². The highest BCUT2D eigenvalue weighted by Gasteiger charge is 2.45. The first-order chi connectivity index (χ1) is 13.6. The Kier molecular flexibility index (Phi) is 3.58. The van der Waals surface area contributed by atoms with E-state index in [1.807, 2.05) is 53.1 Å². The summed E-state index contributed by atoms with van der Waals surface area (Å²) in [5, 5.41) is 22.8. The van der Waals surface area contributed by atoms with Gasteiger partial charge in [0.1, 0.15) is 11.4 Å². The summed E-state index contributed by atoms with van der Waals surface area (Å²) in [4.78, 5) is 4.19. The van der Waals surface area contributed by atoms with Crippen LogP contribution in [0, 0.1) is 17.1 Å². The molecule has 0 unspecified atom stereocenters. The minimum Gasteiger partial charge on any atom is -0.379 e. The maximum Gasteiger partial charge on any atom is 0.133 e. The van der Waals surface area contributed by atoms with Crippen molar-refractivity contribution in [3.8, 4) is 6.07 Å². The molecule has 0 bridgehead atoms. The molecule has 2 heterocycles. The predicted molar refractivity (Wildman–Crippen MR) is 103 cm³/mol. The molecule has 0 radical (unpaired) electrons. The van der Waals surface area contributed by atoms with E-state index in [1.165, 1.54) is 6.07 Å². The lowest BCUT2D eigenvalue weighted by atomic mass is 9.85. The Morgan fingerprint density at radius 1 is 1.11 bits per heavy atom. The van der Waals surface area contributed by atoms with Gasteiger partial charge in [0.05, 0.1) is 35.9 Å². The van der Waals surface area contributed by atoms with Crippen molar-refractivity contribution in [1.82, 2.24) is 9.55 Å². The molecule has 28 heavy (non-hydrogen) atoms. The van der Waals surface area contributed by atoms with E-state index in [2.05, 4.69) is 4.98 Å². The Bertz CT molecular complexity index is 1260. The topological polar surface area (TPSA) is 61.8 Å². The van der Waals surface area contributed by atoms with Crippen LogP contribution in [0.25, 0.3) is 10.8 Å². The van der Waals surface area contributed by atoms with Crippen molar-refractivity contribution in [3.63, 3.8) is 0 Å². The van der Waals surface area contributed by atoms with Gasteiger partial charge in [0.15, 0.2) is 0 Å². The standard InChI is InChI=1S/C23H16FN3O/c24-20-9-15(12-25)5-8-19(20)21-11-23(28,22-13-26-14-27(21)22)18-7-6-16-3-1-2-4-17(16)10-18/h1-10,13-14,21,28H,11H2/t21-,23+/m1/s1. The summed E-state index contributed by atoms with van der Waals surface area (Å²) in [7, 11) is 0. The molecular formula is C23H16FN3O. The Morgan fingerprint density at radius 3 is 2.71 bits per heavy atom. The monoisotopic (exact) mass is 369 g/mol. The number of nitriles is 1. The molecule has 1 aromatic heterocycles. The molecule has 5 rings (SSSR count). The second kappa shape index (κ2) is 6.01. The average molecular weight is 369 g/mol. The Hall–Kier alpha value is -3.49. The molecule has 5 heteroatoms. The highest BCUT2D eigenvalue weighted by molar-refractivity contribution is 5.83. The lowest BCUT2D eigenvalue weighted by molar-refractivity contribution is 0.0794. The van der Waals surface area contributed by atoms with Crippen LogP contribution in [0.5, 0.6) is 0 Å². The molecule has 0 saturated carbocycles. The summed E-state index contributed by atoms with van der Waals surface area (Å²) in [6.07, 6.45) is 3.55. The molecule has 0 aliphatic carbocycles. The van der Waals surface area contributed by atoms with Crippen molar-refractivity contribution in [1.29, 1.82) is 5.26 Å². The molecule has 0 amide bonds. The number of rotatable bonds is 2. The van der Waals surface area contributed by atoms with Gasteiger partial charge in [0, 0.05) is 12.0 Å². The van der Waals surface area contributed by atoms with Crippen LogP contribution in [0.4, 0.5) is 4.39 Å². The van der Waals surface area contributed by atoms with Crippen molar-refractivity contribution < 1.29 is 9.50 Å². The number of aromatic nitrogens is 2. The molecule has 4 aromatic rings. The van der Waals surface area contributed by atoms with E-state index in [0.717, 1.165) is 16.3 Å². The largest absolute Gasteiger partial charge is 0.379 e. The SMILES string of the molecule is N#Cc1ccc([C@H]2C[C@](O)(c3ccc4ccccc4c3)c3cncn32)c(F)c1. The Labute approximate surface area is 161 Å². The minimum atomic E-state index is -1.27. The number of hydrogen-bond acceptors (Lipinski definition) is 3. The second-order valence-corrected chi connectivity index (χ2v) is 7.18. The zero-order chi connectivity index (χ0) is 19.3. The van der Waals surface area contributed by atoms with E-state index in [9.17, 15) is 9.50 Å². The Morgan fingerprint density at radius 2 is 1.93 bits per heavy atom. The van der Waals surface area contributed by atoms with Crippen LogP contribution in [-0.2, 0) is 5.60 Å². The van der Waals surface area contributed by atoms with Crippen LogP contribution in [0.3, 0.4) is 0 Å². The third-order valence-electron chi connectivity index (χ3n) is 5.63. The van der Waals surface area contributed by atoms with Crippen molar-refractivity contribution in [3.05, 3.63) is 101 Å². The van der Waals surface area contributed by atoms with E-state index >= 15 is 0 Å². The molecule has 3 aromatic carbocycles. The van der Waals surface area contributed by atoms with Crippen LogP contribution < -0.4 is 0 Å². The number of aliphatic hydroxyl groups is 1. The zero-order valence-corrected chi connectivity index (χ0v) is 14.9. The van der Waals surface area contributed by atoms with Gasteiger partial charge in [-0.3, -0.25) is 0 Å². The maximum absolute atomic E-state index is 14.7. The highest BCUT2D eigenvalue weighted by atomic mass is 19.1. The van der Waals surface area contributed by atoms with Gasteiger partial charge in [-0.15, -0.1) is 0 Å². The van der Waals surface area contributed by atoms with Crippen LogP contribution in [0.15, 0.2) is 73.2 Å². The number of halogens is 1. The molecule has 2 atom stereocenters. The molecule has 1 aliphatic rings. The van der Waals surface area contributed by atoms with Crippen LogP contribution in [0.1, 0.15) is 34.8 Å². The van der Waals surface area contributed by atoms with E-state index in [4.69, 9.17) is 5.26 Å². The van der Waals surface area contributed by atoms with Crippen molar-refractivity contribution in [2.24, 2.45) is 0 Å². The van der Waals surface area contributed by atoms with Crippen LogP contribution in [-0.4, -0.2) is 14.7 Å². The molecule has 4 nitrogen and oxygen atoms in total. The quantitative estimate of drug-likeness (QED) is 0.574. The first-order valence-electron chi connectivity index (χ1n) is 9.04. The smallest absolute Gasteiger partial charge is 0.133 e. The average Bonchev–Trinajstić information content (AvgIpc) is 3.31. The summed E-state index contributed by atoms with van der Waals surface area (Å²) in [6.45, 7) is 0. The summed E-state index contributed by atoms with van der Waals surface area (Å²) < 4.78 is 16.5. The van der Waals surface area contributed by atoms with Gasteiger partial charge < -0.3 is 9.67 Å². The van der Waals surface area contributed by atoms with Crippen molar-refractivity contribution in [2.45, 2.75) is 18.1 Å². The molecular weight excluding hydrogens is 353 g/mol. The number of imidazole rings is 1. The van der Waals surface area contributed by atoms with Gasteiger partial charge in [0.25, 0.3) is 0 Å². The van der Waals surface area contributed by atoms with Crippen LogP contribution in [0.2, 0.25) is 0 Å². The molecule has 1 aliphatic heterocycles. The minimum absolute atomic E-state index is 0.273. The molecule has 0 fully saturated rings. The summed E-state index contributed by atoms with van der Waals surface area (Å²) in [6, 6.07) is 19.8. The fourth-order valence-corrected chi connectivity index (χ4v) is 4.20. The van der Waals surface area contributed by atoms with E-state index in [-0.39, 0.29) is 5.56 Å². The number of nitrogens with zero attached hydrogens (tertiary/aromatic N) is 3. The van der Waals surface area contributed by atoms with Gasteiger partial charge in [0.2, 0.25) is 0 Å². The van der Waals surface area contributed by atoms with Gasteiger partial charge in [-0.1, -0.05) is 42.5 Å². The normalized spacial score (nSPS) is 20.8. The van der Waals surface area contributed by atoms with Gasteiger partial charge in [-0.2, -0.15) is 5.26 Å². The van der Waals surface area contributed by atoms with Crippen LogP contribution >= 0.6 is 0 Å². The lowest BCUT2D eigenvalue weighted by Gasteiger charge is -2.24. The summed E-state index contributed by atoms with van der Waals surface area (Å²) in [5.41, 5.74) is 0.830. The fraction of sp³-hybridized carbons (Fsp3) is 0.130. The number of fused-ring (bicyclic) bond motifs is 2. The first kappa shape index (κ1) is 16.7. The molecule has 0 saturated heterocycles. The number of benzene rings is 3. The van der Waals surface area contributed by atoms with Gasteiger partial charge in [-0.25, -0.2) is 9.37 Å². The van der Waals surface area contributed by atoms with Crippen molar-refractivity contribution in [2.75, 3.05) is 0 Å². The summed E-state index contributed by atoms with van der Waals surface area (Å²) >= 11 is 0. The van der Waals surface area contributed by atoms with E-state index < -0.39 is 17.5 Å². The van der Waals surface area contributed by atoms with E-state index in [0.29, 0.717) is 17.7 Å². The number of hydrogen-bond donors (Lipinski definition) is 1. The Balaban J connectivity index is 1.63.